The molecule has 0 radical (unpaired) electrons. The summed E-state index contributed by atoms with van der Waals surface area (Å²) in [4.78, 5) is 12.0. The first-order valence-electron chi connectivity index (χ1n) is 7.79. The van der Waals surface area contributed by atoms with Gasteiger partial charge in [-0.05, 0) is 50.8 Å². The molecule has 1 aromatic rings. The normalized spacial score (nSPS) is 13.1. The molecule has 0 bridgehead atoms. The predicted octanol–water partition coefficient (Wildman–Crippen LogP) is 4.27. The number of benzene rings is 1. The summed E-state index contributed by atoms with van der Waals surface area (Å²) in [5, 5.41) is 2.91. The molecule has 124 valence electrons. The van der Waals surface area contributed by atoms with Gasteiger partial charge in [-0.25, -0.2) is 0 Å². The second kappa shape index (κ2) is 7.87. The Hall–Kier alpha value is -1.22. The molecule has 0 saturated carbocycles. The Bertz CT molecular complexity index is 512. The van der Waals surface area contributed by atoms with Crippen molar-refractivity contribution in [3.05, 3.63) is 29.3 Å². The van der Waals surface area contributed by atoms with Crippen molar-refractivity contribution in [3.8, 4) is 5.75 Å². The summed E-state index contributed by atoms with van der Waals surface area (Å²) in [7, 11) is 0. The monoisotopic (exact) mass is 325 g/mol. The van der Waals surface area contributed by atoms with Gasteiger partial charge >= 0.3 is 0 Å². The van der Waals surface area contributed by atoms with Crippen molar-refractivity contribution in [1.29, 1.82) is 0 Å². The van der Waals surface area contributed by atoms with Crippen LogP contribution >= 0.6 is 11.6 Å². The van der Waals surface area contributed by atoms with E-state index in [0.29, 0.717) is 18.3 Å². The van der Waals surface area contributed by atoms with Gasteiger partial charge in [0.2, 0.25) is 5.91 Å². The van der Waals surface area contributed by atoms with Crippen molar-refractivity contribution >= 4 is 17.5 Å². The van der Waals surface area contributed by atoms with Crippen LogP contribution in [0.3, 0.4) is 0 Å². The van der Waals surface area contributed by atoms with Crippen LogP contribution in [0, 0.1) is 12.3 Å². The van der Waals surface area contributed by atoms with Gasteiger partial charge in [0.1, 0.15) is 11.9 Å². The second-order valence-corrected chi connectivity index (χ2v) is 7.12. The van der Waals surface area contributed by atoms with E-state index in [-0.39, 0.29) is 12.0 Å². The van der Waals surface area contributed by atoms with Gasteiger partial charge in [-0.2, -0.15) is 0 Å². The van der Waals surface area contributed by atoms with E-state index in [1.54, 1.807) is 0 Å². The molecule has 1 atom stereocenters. The highest BCUT2D eigenvalue weighted by atomic mass is 35.5. The van der Waals surface area contributed by atoms with Gasteiger partial charge < -0.3 is 10.1 Å². The zero-order valence-electron chi connectivity index (χ0n) is 14.5. The minimum Gasteiger partial charge on any atom is -0.489 e. The Balaban J connectivity index is 2.68. The number of aryl methyl sites for hydroxylation is 1. The number of carbonyl (C=O) groups excluding carboxylic acids is 1. The van der Waals surface area contributed by atoms with Crippen molar-refractivity contribution in [1.82, 2.24) is 5.32 Å². The van der Waals surface area contributed by atoms with Crippen LogP contribution in [-0.4, -0.2) is 24.4 Å². The fraction of sp³-hybridized carbons (Fsp3) is 0.611. The van der Waals surface area contributed by atoms with Crippen LogP contribution in [0.25, 0.3) is 0 Å². The van der Waals surface area contributed by atoms with Crippen LogP contribution < -0.4 is 10.1 Å². The largest absolute Gasteiger partial charge is 0.489 e. The molecule has 1 N–H and O–H groups in total. The Morgan fingerprint density at radius 1 is 1.32 bits per heavy atom. The van der Waals surface area contributed by atoms with Gasteiger partial charge in [0.25, 0.3) is 0 Å². The number of halogens is 1. The minimum atomic E-state index is -0.562. The fourth-order valence-electron chi connectivity index (χ4n) is 2.02. The second-order valence-electron chi connectivity index (χ2n) is 6.85. The van der Waals surface area contributed by atoms with Crippen LogP contribution in [0.15, 0.2) is 18.2 Å². The van der Waals surface area contributed by atoms with Crippen LogP contribution in [0.2, 0.25) is 0 Å². The third kappa shape index (κ3) is 5.20. The molecule has 0 aromatic heterocycles. The van der Waals surface area contributed by atoms with Crippen molar-refractivity contribution < 1.29 is 9.53 Å². The average molecular weight is 326 g/mol. The molecule has 0 aliphatic heterocycles. The van der Waals surface area contributed by atoms with Crippen molar-refractivity contribution in [3.63, 3.8) is 0 Å². The molecule has 0 saturated heterocycles. The van der Waals surface area contributed by atoms with E-state index in [2.05, 4.69) is 37.4 Å². The van der Waals surface area contributed by atoms with Gasteiger partial charge in [-0.15, -0.1) is 11.6 Å². The standard InChI is InChI=1S/C18H28ClNO2/c1-12(2)15-8-7-13(3)9-16(15)22-14(4)10-20-17(21)18(5,6)11-19/h7-9,12,14H,10-11H2,1-6H3,(H,20,21). The molecule has 4 heteroatoms. The van der Waals surface area contributed by atoms with E-state index >= 15 is 0 Å². The lowest BCUT2D eigenvalue weighted by atomic mass is 9.95. The predicted molar refractivity (Wildman–Crippen MR) is 92.9 cm³/mol. The molecule has 0 fully saturated rings. The third-order valence-corrected chi connectivity index (χ3v) is 4.29. The molecule has 0 heterocycles. The lowest BCUT2D eigenvalue weighted by Gasteiger charge is -2.23. The lowest BCUT2D eigenvalue weighted by molar-refractivity contribution is -0.128. The van der Waals surface area contributed by atoms with E-state index < -0.39 is 5.41 Å². The van der Waals surface area contributed by atoms with Crippen LogP contribution in [-0.2, 0) is 4.79 Å². The number of carbonyl (C=O) groups is 1. The summed E-state index contributed by atoms with van der Waals surface area (Å²) in [5.41, 5.74) is 1.79. The summed E-state index contributed by atoms with van der Waals surface area (Å²) in [6.45, 7) is 12.4. The number of ether oxygens (including phenoxy) is 1. The summed E-state index contributed by atoms with van der Waals surface area (Å²) < 4.78 is 6.04. The highest BCUT2D eigenvalue weighted by Crippen LogP contribution is 2.28. The lowest BCUT2D eigenvalue weighted by Crippen LogP contribution is -2.42. The van der Waals surface area contributed by atoms with E-state index in [1.165, 1.54) is 11.1 Å². The number of alkyl halides is 1. The first-order chi connectivity index (χ1) is 10.2. The van der Waals surface area contributed by atoms with Gasteiger partial charge in [0.15, 0.2) is 0 Å². The smallest absolute Gasteiger partial charge is 0.226 e. The Kier molecular flexibility index (Phi) is 6.73. The van der Waals surface area contributed by atoms with Gasteiger partial charge in [-0.1, -0.05) is 26.0 Å². The van der Waals surface area contributed by atoms with Gasteiger partial charge in [0.05, 0.1) is 12.0 Å². The molecular weight excluding hydrogens is 298 g/mol. The number of amides is 1. The first kappa shape index (κ1) is 18.8. The highest BCUT2D eigenvalue weighted by Gasteiger charge is 2.26. The molecule has 1 unspecified atom stereocenters. The number of hydrogen-bond donors (Lipinski definition) is 1. The molecule has 3 nitrogen and oxygen atoms in total. The quantitative estimate of drug-likeness (QED) is 0.760. The molecule has 1 amide bonds. The maximum atomic E-state index is 12.0. The van der Waals surface area contributed by atoms with Gasteiger partial charge in [0, 0.05) is 5.88 Å². The van der Waals surface area contributed by atoms with E-state index in [9.17, 15) is 4.79 Å². The number of nitrogens with one attached hydrogen (secondary N) is 1. The maximum Gasteiger partial charge on any atom is 0.226 e. The van der Waals surface area contributed by atoms with Crippen molar-refractivity contribution in [2.45, 2.75) is 53.6 Å². The Labute approximate surface area is 139 Å². The fourth-order valence-corrected chi connectivity index (χ4v) is 2.14. The molecule has 0 aliphatic rings. The molecular formula is C18H28ClNO2. The van der Waals surface area contributed by atoms with Crippen LogP contribution in [0.1, 0.15) is 51.7 Å². The molecule has 0 aliphatic carbocycles. The summed E-state index contributed by atoms with van der Waals surface area (Å²) in [5.74, 6) is 1.54. The third-order valence-electron chi connectivity index (χ3n) is 3.62. The zero-order valence-corrected chi connectivity index (χ0v) is 15.3. The van der Waals surface area contributed by atoms with E-state index in [1.807, 2.05) is 27.7 Å². The van der Waals surface area contributed by atoms with E-state index in [4.69, 9.17) is 16.3 Å². The summed E-state index contributed by atoms with van der Waals surface area (Å²) >= 11 is 5.81. The summed E-state index contributed by atoms with van der Waals surface area (Å²) in [6, 6.07) is 6.26. The molecule has 1 aromatic carbocycles. The summed E-state index contributed by atoms with van der Waals surface area (Å²) in [6.07, 6.45) is -0.102. The number of rotatable bonds is 7. The zero-order chi connectivity index (χ0) is 16.9. The van der Waals surface area contributed by atoms with Crippen LogP contribution in [0.4, 0.5) is 0 Å². The Morgan fingerprint density at radius 3 is 2.50 bits per heavy atom. The SMILES string of the molecule is Cc1ccc(C(C)C)c(OC(C)CNC(=O)C(C)(C)CCl)c1. The van der Waals surface area contributed by atoms with Crippen LogP contribution in [0.5, 0.6) is 5.75 Å². The maximum absolute atomic E-state index is 12.0. The topological polar surface area (TPSA) is 38.3 Å². The minimum absolute atomic E-state index is 0.0497. The highest BCUT2D eigenvalue weighted by molar-refractivity contribution is 6.19. The van der Waals surface area contributed by atoms with Crippen molar-refractivity contribution in [2.24, 2.45) is 5.41 Å². The first-order valence-corrected chi connectivity index (χ1v) is 8.32. The van der Waals surface area contributed by atoms with E-state index in [0.717, 1.165) is 5.75 Å². The average Bonchev–Trinajstić information content (AvgIpc) is 2.44. The Morgan fingerprint density at radius 2 is 1.95 bits per heavy atom. The molecule has 22 heavy (non-hydrogen) atoms. The molecule has 0 spiro atoms. The van der Waals surface area contributed by atoms with Crippen molar-refractivity contribution in [2.75, 3.05) is 12.4 Å². The molecule has 1 rings (SSSR count). The number of hydrogen-bond acceptors (Lipinski definition) is 2. The van der Waals surface area contributed by atoms with Gasteiger partial charge in [-0.3, -0.25) is 4.79 Å².